The summed E-state index contributed by atoms with van der Waals surface area (Å²) in [4.78, 5) is 19.6. The van der Waals surface area contributed by atoms with Gasteiger partial charge in [-0.2, -0.15) is 10.2 Å². The Hall–Kier alpha value is -2.16. The van der Waals surface area contributed by atoms with Crippen LogP contribution in [0.2, 0.25) is 0 Å². The highest BCUT2D eigenvalue weighted by Gasteiger charge is 2.40. The van der Waals surface area contributed by atoms with Crippen molar-refractivity contribution in [3.63, 3.8) is 0 Å². The Labute approximate surface area is 99.2 Å². The Morgan fingerprint density at radius 3 is 2.88 bits per heavy atom. The molecular formula is C11H13N3O3. The number of methoxy groups -OCH3 is 1. The zero-order valence-electron chi connectivity index (χ0n) is 9.93. The van der Waals surface area contributed by atoms with E-state index in [1.165, 1.54) is 26.3 Å². The highest BCUT2D eigenvalue weighted by atomic mass is 16.5. The highest BCUT2D eigenvalue weighted by molar-refractivity contribution is 5.85. The van der Waals surface area contributed by atoms with E-state index in [4.69, 9.17) is 14.7 Å². The van der Waals surface area contributed by atoms with E-state index in [0.29, 0.717) is 5.88 Å². The van der Waals surface area contributed by atoms with Crippen LogP contribution < -0.4 is 4.74 Å². The van der Waals surface area contributed by atoms with Crippen LogP contribution in [0, 0.1) is 11.3 Å². The standard InChI is InChI=1S/C11H13N3O3/c1-4-17-10(15)11(2,7-12)9-13-6-5-8(14-9)16-3/h5-6H,4H2,1-3H3. The third kappa shape index (κ3) is 2.50. The predicted octanol–water partition coefficient (Wildman–Crippen LogP) is 0.830. The highest BCUT2D eigenvalue weighted by Crippen LogP contribution is 2.22. The molecular weight excluding hydrogens is 222 g/mol. The van der Waals surface area contributed by atoms with E-state index < -0.39 is 11.4 Å². The Morgan fingerprint density at radius 2 is 2.35 bits per heavy atom. The second-order valence-corrected chi connectivity index (χ2v) is 3.38. The van der Waals surface area contributed by atoms with Crippen LogP contribution in [0.3, 0.4) is 0 Å². The first kappa shape index (κ1) is 12.9. The number of rotatable bonds is 4. The minimum absolute atomic E-state index is 0.0674. The summed E-state index contributed by atoms with van der Waals surface area (Å²) in [5.41, 5.74) is -1.52. The molecule has 1 rings (SSSR count). The predicted molar refractivity (Wildman–Crippen MR) is 58.2 cm³/mol. The minimum Gasteiger partial charge on any atom is -0.481 e. The molecule has 6 heteroatoms. The molecule has 0 radical (unpaired) electrons. The van der Waals surface area contributed by atoms with Gasteiger partial charge in [0.1, 0.15) is 0 Å². The molecule has 6 nitrogen and oxygen atoms in total. The lowest BCUT2D eigenvalue weighted by atomic mass is 9.92. The summed E-state index contributed by atoms with van der Waals surface area (Å²) < 4.78 is 9.77. The molecule has 1 aromatic heterocycles. The van der Waals surface area contributed by atoms with Gasteiger partial charge in [-0.3, -0.25) is 0 Å². The molecule has 0 amide bonds. The van der Waals surface area contributed by atoms with Crippen LogP contribution in [-0.4, -0.2) is 29.7 Å². The number of carbonyl (C=O) groups excluding carboxylic acids is 1. The van der Waals surface area contributed by atoms with Crippen LogP contribution >= 0.6 is 0 Å². The molecule has 0 aliphatic carbocycles. The fraction of sp³-hybridized carbons (Fsp3) is 0.455. The van der Waals surface area contributed by atoms with Gasteiger partial charge in [0, 0.05) is 12.3 Å². The van der Waals surface area contributed by atoms with Gasteiger partial charge in [0.2, 0.25) is 11.3 Å². The first-order valence-corrected chi connectivity index (χ1v) is 5.04. The fourth-order valence-corrected chi connectivity index (χ4v) is 1.16. The summed E-state index contributed by atoms with van der Waals surface area (Å²) in [5, 5.41) is 9.13. The van der Waals surface area contributed by atoms with Crippen molar-refractivity contribution >= 4 is 5.97 Å². The molecule has 0 spiro atoms. The molecule has 0 bridgehead atoms. The molecule has 0 saturated carbocycles. The Bertz CT molecular complexity index is 456. The second-order valence-electron chi connectivity index (χ2n) is 3.38. The number of hydrogen-bond donors (Lipinski definition) is 0. The normalized spacial score (nSPS) is 13.3. The van der Waals surface area contributed by atoms with Crippen molar-refractivity contribution in [1.82, 2.24) is 9.97 Å². The van der Waals surface area contributed by atoms with Crippen molar-refractivity contribution in [1.29, 1.82) is 5.26 Å². The van der Waals surface area contributed by atoms with E-state index in [9.17, 15) is 4.79 Å². The van der Waals surface area contributed by atoms with Gasteiger partial charge in [-0.15, -0.1) is 0 Å². The SMILES string of the molecule is CCOC(=O)C(C)(C#N)c1nccc(OC)n1. The zero-order valence-corrected chi connectivity index (χ0v) is 9.93. The van der Waals surface area contributed by atoms with Crippen LogP contribution in [0.25, 0.3) is 0 Å². The monoisotopic (exact) mass is 235 g/mol. The van der Waals surface area contributed by atoms with E-state index in [0.717, 1.165) is 0 Å². The van der Waals surface area contributed by atoms with Crippen LogP contribution in [-0.2, 0) is 14.9 Å². The number of carbonyl (C=O) groups is 1. The van der Waals surface area contributed by atoms with Crippen LogP contribution in [0.5, 0.6) is 5.88 Å². The van der Waals surface area contributed by atoms with Crippen molar-refractivity contribution in [3.8, 4) is 11.9 Å². The number of ether oxygens (including phenoxy) is 2. The number of hydrogen-bond acceptors (Lipinski definition) is 6. The third-order valence-corrected chi connectivity index (χ3v) is 2.19. The molecule has 17 heavy (non-hydrogen) atoms. The van der Waals surface area contributed by atoms with Gasteiger partial charge in [0.25, 0.3) is 0 Å². The maximum atomic E-state index is 11.7. The fourth-order valence-electron chi connectivity index (χ4n) is 1.16. The molecule has 0 aliphatic rings. The number of nitriles is 1. The number of nitrogens with zero attached hydrogens (tertiary/aromatic N) is 3. The van der Waals surface area contributed by atoms with Gasteiger partial charge >= 0.3 is 5.97 Å². The first-order valence-electron chi connectivity index (χ1n) is 5.04. The van der Waals surface area contributed by atoms with Gasteiger partial charge < -0.3 is 9.47 Å². The van der Waals surface area contributed by atoms with Gasteiger partial charge in [-0.05, 0) is 13.8 Å². The van der Waals surface area contributed by atoms with Crippen molar-refractivity contribution in [2.75, 3.05) is 13.7 Å². The van der Waals surface area contributed by atoms with Crippen molar-refractivity contribution < 1.29 is 14.3 Å². The largest absolute Gasteiger partial charge is 0.481 e. The molecule has 0 saturated heterocycles. The van der Waals surface area contributed by atoms with E-state index in [1.807, 2.05) is 6.07 Å². The van der Waals surface area contributed by atoms with Gasteiger partial charge in [0.15, 0.2) is 5.82 Å². The lowest BCUT2D eigenvalue weighted by molar-refractivity contribution is -0.147. The zero-order chi connectivity index (χ0) is 12.9. The van der Waals surface area contributed by atoms with E-state index in [-0.39, 0.29) is 12.4 Å². The average Bonchev–Trinajstić information content (AvgIpc) is 2.38. The van der Waals surface area contributed by atoms with Crippen molar-refractivity contribution in [3.05, 3.63) is 18.1 Å². The second kappa shape index (κ2) is 5.25. The Morgan fingerprint density at radius 1 is 1.65 bits per heavy atom. The molecule has 0 aliphatic heterocycles. The van der Waals surface area contributed by atoms with Crippen LogP contribution in [0.4, 0.5) is 0 Å². The van der Waals surface area contributed by atoms with Crippen LogP contribution in [0.15, 0.2) is 12.3 Å². The van der Waals surface area contributed by atoms with Crippen LogP contribution in [0.1, 0.15) is 19.7 Å². The maximum Gasteiger partial charge on any atom is 0.334 e. The molecule has 0 fully saturated rings. The van der Waals surface area contributed by atoms with Gasteiger partial charge in [-0.25, -0.2) is 9.78 Å². The Balaban J connectivity index is 3.16. The molecule has 1 aromatic rings. The molecule has 1 heterocycles. The molecule has 0 aromatic carbocycles. The summed E-state index contributed by atoms with van der Waals surface area (Å²) in [6.07, 6.45) is 1.43. The lowest BCUT2D eigenvalue weighted by Gasteiger charge is -2.17. The van der Waals surface area contributed by atoms with Gasteiger partial charge in [0.05, 0.1) is 19.8 Å². The third-order valence-electron chi connectivity index (χ3n) is 2.19. The topological polar surface area (TPSA) is 85.1 Å². The summed E-state index contributed by atoms with van der Waals surface area (Å²) >= 11 is 0. The number of esters is 1. The summed E-state index contributed by atoms with van der Waals surface area (Å²) in [7, 11) is 1.44. The van der Waals surface area contributed by atoms with E-state index >= 15 is 0 Å². The molecule has 90 valence electrons. The summed E-state index contributed by atoms with van der Waals surface area (Å²) in [6.45, 7) is 3.28. The molecule has 1 unspecified atom stereocenters. The smallest absolute Gasteiger partial charge is 0.334 e. The maximum absolute atomic E-state index is 11.7. The first-order chi connectivity index (χ1) is 8.08. The van der Waals surface area contributed by atoms with Gasteiger partial charge in [-0.1, -0.05) is 0 Å². The number of aromatic nitrogens is 2. The molecule has 0 N–H and O–H groups in total. The quantitative estimate of drug-likeness (QED) is 0.718. The summed E-state index contributed by atoms with van der Waals surface area (Å²) in [6, 6.07) is 3.41. The average molecular weight is 235 g/mol. The van der Waals surface area contributed by atoms with Crippen molar-refractivity contribution in [2.45, 2.75) is 19.3 Å². The summed E-state index contributed by atoms with van der Waals surface area (Å²) in [5.74, 6) is -0.311. The molecule has 1 atom stereocenters. The van der Waals surface area contributed by atoms with Crippen molar-refractivity contribution in [2.24, 2.45) is 0 Å². The Kier molecular flexibility index (Phi) is 3.99. The minimum atomic E-state index is -1.52. The van der Waals surface area contributed by atoms with E-state index in [2.05, 4.69) is 9.97 Å². The lowest BCUT2D eigenvalue weighted by Crippen LogP contribution is -2.34. The van der Waals surface area contributed by atoms with E-state index in [1.54, 1.807) is 6.92 Å².